The lowest BCUT2D eigenvalue weighted by Crippen LogP contribution is -2.06. The Morgan fingerprint density at radius 2 is 2.16 bits per heavy atom. The number of nitrogens with two attached hydrogens (primary N) is 1. The van der Waals surface area contributed by atoms with Gasteiger partial charge in [0.15, 0.2) is 0 Å². The van der Waals surface area contributed by atoms with Gasteiger partial charge in [-0.2, -0.15) is 0 Å². The second-order valence-electron chi connectivity index (χ2n) is 4.16. The van der Waals surface area contributed by atoms with Crippen LogP contribution in [0.3, 0.4) is 0 Å². The van der Waals surface area contributed by atoms with E-state index < -0.39 is 0 Å². The third kappa shape index (κ3) is 3.17. The summed E-state index contributed by atoms with van der Waals surface area (Å²) in [4.78, 5) is 15.6. The summed E-state index contributed by atoms with van der Waals surface area (Å²) >= 11 is 0. The fraction of sp³-hybridized carbons (Fsp3) is 0.200. The van der Waals surface area contributed by atoms with Gasteiger partial charge >= 0.3 is 5.97 Å². The van der Waals surface area contributed by atoms with Gasteiger partial charge in [-0.1, -0.05) is 24.3 Å². The van der Waals surface area contributed by atoms with Crippen LogP contribution in [0.2, 0.25) is 0 Å². The van der Waals surface area contributed by atoms with Crippen molar-refractivity contribution in [3.05, 3.63) is 53.7 Å². The second-order valence-corrected chi connectivity index (χ2v) is 4.16. The van der Waals surface area contributed by atoms with Crippen molar-refractivity contribution in [1.29, 1.82) is 0 Å². The van der Waals surface area contributed by atoms with Crippen molar-refractivity contribution in [2.75, 3.05) is 7.11 Å². The number of benzene rings is 1. The van der Waals surface area contributed by atoms with Gasteiger partial charge in [-0.15, -0.1) is 0 Å². The molecule has 0 aliphatic carbocycles. The number of ether oxygens (including phenoxy) is 1. The topological polar surface area (TPSA) is 65.2 Å². The largest absolute Gasteiger partial charge is 0.469 e. The summed E-state index contributed by atoms with van der Waals surface area (Å²) in [7, 11) is 1.38. The third-order valence-corrected chi connectivity index (χ3v) is 2.91. The Hall–Kier alpha value is -2.20. The molecule has 0 aliphatic heterocycles. The summed E-state index contributed by atoms with van der Waals surface area (Å²) in [6, 6.07) is 11.5. The van der Waals surface area contributed by atoms with Crippen LogP contribution in [0, 0.1) is 0 Å². The van der Waals surface area contributed by atoms with Crippen LogP contribution in [0.25, 0.3) is 11.3 Å². The van der Waals surface area contributed by atoms with Gasteiger partial charge < -0.3 is 10.5 Å². The molecule has 0 fully saturated rings. The normalized spacial score (nSPS) is 10.2. The number of nitrogens with zero attached hydrogens (tertiary/aromatic N) is 1. The van der Waals surface area contributed by atoms with E-state index in [-0.39, 0.29) is 12.4 Å². The molecule has 1 aromatic heterocycles. The van der Waals surface area contributed by atoms with E-state index in [0.717, 1.165) is 22.4 Å². The van der Waals surface area contributed by atoms with E-state index in [9.17, 15) is 4.79 Å². The van der Waals surface area contributed by atoms with Gasteiger partial charge in [0.25, 0.3) is 0 Å². The monoisotopic (exact) mass is 256 g/mol. The average molecular weight is 256 g/mol. The van der Waals surface area contributed by atoms with Crippen LogP contribution in [0.1, 0.15) is 11.1 Å². The van der Waals surface area contributed by atoms with Crippen molar-refractivity contribution in [2.45, 2.75) is 13.0 Å². The minimum Gasteiger partial charge on any atom is -0.469 e. The van der Waals surface area contributed by atoms with Crippen molar-refractivity contribution >= 4 is 5.97 Å². The molecule has 2 N–H and O–H groups in total. The van der Waals surface area contributed by atoms with Gasteiger partial charge in [0.2, 0.25) is 0 Å². The number of hydrogen-bond donors (Lipinski definition) is 1. The highest BCUT2D eigenvalue weighted by Crippen LogP contribution is 2.22. The molecule has 1 aromatic carbocycles. The summed E-state index contributed by atoms with van der Waals surface area (Å²) in [5, 5.41) is 0. The van der Waals surface area contributed by atoms with Crippen LogP contribution < -0.4 is 5.73 Å². The first-order valence-electron chi connectivity index (χ1n) is 6.04. The molecule has 2 aromatic rings. The lowest BCUT2D eigenvalue weighted by atomic mass is 9.99. The van der Waals surface area contributed by atoms with Gasteiger partial charge in [0, 0.05) is 18.3 Å². The van der Waals surface area contributed by atoms with E-state index in [4.69, 9.17) is 5.73 Å². The Morgan fingerprint density at radius 3 is 2.79 bits per heavy atom. The molecule has 0 bridgehead atoms. The Bertz CT molecular complexity index is 568. The maximum atomic E-state index is 11.3. The minimum atomic E-state index is -0.256. The number of hydrogen-bond acceptors (Lipinski definition) is 4. The molecule has 98 valence electrons. The zero-order chi connectivity index (χ0) is 13.7. The number of pyridine rings is 1. The minimum absolute atomic E-state index is 0.256. The molecular weight excluding hydrogens is 240 g/mol. The smallest absolute Gasteiger partial charge is 0.309 e. The highest BCUT2D eigenvalue weighted by Gasteiger charge is 2.08. The zero-order valence-electron chi connectivity index (χ0n) is 10.8. The fourth-order valence-corrected chi connectivity index (χ4v) is 1.94. The van der Waals surface area contributed by atoms with Crippen molar-refractivity contribution in [3.8, 4) is 11.3 Å². The molecule has 4 nitrogen and oxygen atoms in total. The van der Waals surface area contributed by atoms with Crippen LogP contribution in [-0.2, 0) is 22.5 Å². The van der Waals surface area contributed by atoms with E-state index in [0.29, 0.717) is 6.54 Å². The maximum Gasteiger partial charge on any atom is 0.309 e. The SMILES string of the molecule is COC(=O)Cc1ccc(-c2ccccn2)c(CN)c1. The van der Waals surface area contributed by atoms with Crippen LogP contribution in [-0.4, -0.2) is 18.1 Å². The number of carbonyl (C=O) groups excluding carboxylic acids is 1. The summed E-state index contributed by atoms with van der Waals surface area (Å²) in [5.41, 5.74) is 9.52. The van der Waals surface area contributed by atoms with Crippen molar-refractivity contribution in [3.63, 3.8) is 0 Å². The molecule has 0 aliphatic rings. The number of carbonyl (C=O) groups is 1. The number of rotatable bonds is 4. The second kappa shape index (κ2) is 6.11. The van der Waals surface area contributed by atoms with Crippen LogP contribution in [0.15, 0.2) is 42.6 Å². The lowest BCUT2D eigenvalue weighted by molar-refractivity contribution is -0.139. The zero-order valence-corrected chi connectivity index (χ0v) is 10.8. The van der Waals surface area contributed by atoms with Crippen molar-refractivity contribution in [2.24, 2.45) is 5.73 Å². The van der Waals surface area contributed by atoms with E-state index in [1.54, 1.807) is 6.20 Å². The Kier molecular flexibility index (Phi) is 4.26. The Morgan fingerprint density at radius 1 is 1.32 bits per heavy atom. The van der Waals surface area contributed by atoms with Gasteiger partial charge in [0.05, 0.1) is 19.2 Å². The molecule has 0 radical (unpaired) electrons. The first kappa shape index (κ1) is 13.2. The van der Waals surface area contributed by atoms with Crippen LogP contribution >= 0.6 is 0 Å². The van der Waals surface area contributed by atoms with Crippen molar-refractivity contribution in [1.82, 2.24) is 4.98 Å². The Labute approximate surface area is 112 Å². The Balaban J connectivity index is 2.34. The van der Waals surface area contributed by atoms with Crippen LogP contribution in [0.5, 0.6) is 0 Å². The number of methoxy groups -OCH3 is 1. The summed E-state index contributed by atoms with van der Waals surface area (Å²) in [6.45, 7) is 0.404. The van der Waals surface area contributed by atoms with Gasteiger partial charge in [-0.25, -0.2) is 0 Å². The molecule has 4 heteroatoms. The van der Waals surface area contributed by atoms with Gasteiger partial charge in [0.1, 0.15) is 0 Å². The summed E-state index contributed by atoms with van der Waals surface area (Å²) in [6.07, 6.45) is 2.00. The van der Waals surface area contributed by atoms with E-state index in [2.05, 4.69) is 9.72 Å². The first-order chi connectivity index (χ1) is 9.24. The molecule has 0 atom stereocenters. The predicted molar refractivity (Wildman–Crippen MR) is 73.3 cm³/mol. The fourth-order valence-electron chi connectivity index (χ4n) is 1.94. The van der Waals surface area contributed by atoms with Crippen LogP contribution in [0.4, 0.5) is 0 Å². The summed E-state index contributed by atoms with van der Waals surface area (Å²) in [5.74, 6) is -0.256. The summed E-state index contributed by atoms with van der Waals surface area (Å²) < 4.78 is 4.66. The van der Waals surface area contributed by atoms with E-state index in [1.807, 2.05) is 36.4 Å². The first-order valence-corrected chi connectivity index (χ1v) is 6.04. The highest BCUT2D eigenvalue weighted by atomic mass is 16.5. The average Bonchev–Trinajstić information content (AvgIpc) is 2.47. The molecule has 0 amide bonds. The molecular formula is C15H16N2O2. The predicted octanol–water partition coefficient (Wildman–Crippen LogP) is 1.92. The molecule has 0 unspecified atom stereocenters. The van der Waals surface area contributed by atoms with E-state index in [1.165, 1.54) is 7.11 Å². The maximum absolute atomic E-state index is 11.3. The molecule has 0 spiro atoms. The number of esters is 1. The molecule has 0 saturated carbocycles. The molecule has 19 heavy (non-hydrogen) atoms. The van der Waals surface area contributed by atoms with Gasteiger partial charge in [-0.05, 0) is 23.3 Å². The molecule has 0 saturated heterocycles. The van der Waals surface area contributed by atoms with E-state index >= 15 is 0 Å². The van der Waals surface area contributed by atoms with Gasteiger partial charge in [-0.3, -0.25) is 9.78 Å². The lowest BCUT2D eigenvalue weighted by Gasteiger charge is -2.09. The quantitative estimate of drug-likeness (QED) is 0.849. The highest BCUT2D eigenvalue weighted by molar-refractivity contribution is 5.73. The van der Waals surface area contributed by atoms with Crippen molar-refractivity contribution < 1.29 is 9.53 Å². The third-order valence-electron chi connectivity index (χ3n) is 2.91. The molecule has 1 heterocycles. The standard InChI is InChI=1S/C15H16N2O2/c1-19-15(18)9-11-5-6-13(12(8-11)10-16)14-4-2-3-7-17-14/h2-8H,9-10,16H2,1H3. The number of aromatic nitrogens is 1. The molecule has 2 rings (SSSR count).